The molecule has 1 saturated heterocycles. The molecule has 122 valence electrons. The van der Waals surface area contributed by atoms with Crippen molar-refractivity contribution in [1.82, 2.24) is 9.80 Å². The van der Waals surface area contributed by atoms with Gasteiger partial charge in [0.2, 0.25) is 0 Å². The largest absolute Gasteiger partial charge is 0.339 e. The zero-order valence-electron chi connectivity index (χ0n) is 13.0. The Hall–Kier alpha value is -1.14. The van der Waals surface area contributed by atoms with Gasteiger partial charge in [-0.25, -0.2) is 0 Å². The third-order valence-electron chi connectivity index (χ3n) is 4.20. The Balaban J connectivity index is 1.95. The van der Waals surface area contributed by atoms with Crippen molar-refractivity contribution in [3.8, 4) is 0 Å². The van der Waals surface area contributed by atoms with E-state index in [1.54, 1.807) is 29.2 Å². The van der Waals surface area contributed by atoms with E-state index in [9.17, 15) is 13.6 Å². The van der Waals surface area contributed by atoms with E-state index in [2.05, 4.69) is 11.8 Å². The molecule has 0 bridgehead atoms. The number of amides is 1. The van der Waals surface area contributed by atoms with Gasteiger partial charge in [0.15, 0.2) is 0 Å². The number of nitrogens with zero attached hydrogens (tertiary/aromatic N) is 2. The predicted molar refractivity (Wildman–Crippen MR) is 85.5 cm³/mol. The number of piperidine rings is 1. The van der Waals surface area contributed by atoms with Crippen molar-refractivity contribution in [2.45, 2.75) is 36.5 Å². The highest BCUT2D eigenvalue weighted by atomic mass is 32.2. The molecule has 1 aliphatic rings. The summed E-state index contributed by atoms with van der Waals surface area (Å²) in [5.74, 6) is -2.48. The highest BCUT2D eigenvalue weighted by Crippen LogP contribution is 2.25. The third kappa shape index (κ3) is 4.43. The smallest absolute Gasteiger partial charge is 0.288 e. The van der Waals surface area contributed by atoms with Crippen molar-refractivity contribution in [3.63, 3.8) is 0 Å². The van der Waals surface area contributed by atoms with Crippen LogP contribution in [0.1, 0.15) is 30.1 Å². The lowest BCUT2D eigenvalue weighted by Crippen LogP contribution is -2.45. The first-order chi connectivity index (χ1) is 10.5. The van der Waals surface area contributed by atoms with Crippen molar-refractivity contribution in [3.05, 3.63) is 29.8 Å². The molecule has 1 aromatic rings. The Bertz CT molecular complexity index is 487. The van der Waals surface area contributed by atoms with Crippen LogP contribution in [0.3, 0.4) is 0 Å². The summed E-state index contributed by atoms with van der Waals surface area (Å²) in [5.41, 5.74) is 0.555. The van der Waals surface area contributed by atoms with Gasteiger partial charge in [0, 0.05) is 36.6 Å². The van der Waals surface area contributed by atoms with Gasteiger partial charge < -0.3 is 9.80 Å². The predicted octanol–water partition coefficient (Wildman–Crippen LogP) is 3.56. The molecule has 0 spiro atoms. The fourth-order valence-electron chi connectivity index (χ4n) is 2.77. The molecule has 0 atom stereocenters. The number of rotatable bonds is 5. The van der Waals surface area contributed by atoms with E-state index in [1.165, 1.54) is 0 Å². The Kier molecular flexibility index (Phi) is 6.20. The molecule has 1 aliphatic heterocycles. The van der Waals surface area contributed by atoms with Crippen LogP contribution in [0, 0.1) is 0 Å². The van der Waals surface area contributed by atoms with Gasteiger partial charge in [-0.1, -0.05) is 18.7 Å². The van der Waals surface area contributed by atoms with Crippen LogP contribution in [0.25, 0.3) is 0 Å². The van der Waals surface area contributed by atoms with E-state index in [0.29, 0.717) is 22.2 Å². The van der Waals surface area contributed by atoms with Crippen LogP contribution < -0.4 is 0 Å². The van der Waals surface area contributed by atoms with E-state index >= 15 is 0 Å². The first kappa shape index (κ1) is 17.2. The summed E-state index contributed by atoms with van der Waals surface area (Å²) in [6.07, 6.45) is 1.96. The third-order valence-corrected chi connectivity index (χ3v) is 4.92. The van der Waals surface area contributed by atoms with Gasteiger partial charge in [0.25, 0.3) is 11.7 Å². The molecule has 1 fully saturated rings. The van der Waals surface area contributed by atoms with Crippen LogP contribution in [0.4, 0.5) is 8.78 Å². The Labute approximate surface area is 134 Å². The summed E-state index contributed by atoms with van der Waals surface area (Å²) >= 11 is 0.494. The molecule has 6 heteroatoms. The highest BCUT2D eigenvalue weighted by molar-refractivity contribution is 7.99. The molecule has 0 aromatic heterocycles. The van der Waals surface area contributed by atoms with Crippen molar-refractivity contribution in [2.24, 2.45) is 0 Å². The van der Waals surface area contributed by atoms with Crippen LogP contribution in [-0.4, -0.2) is 54.2 Å². The zero-order chi connectivity index (χ0) is 16.1. The topological polar surface area (TPSA) is 23.6 Å². The van der Waals surface area contributed by atoms with Gasteiger partial charge in [-0.05, 0) is 43.7 Å². The maximum atomic E-state index is 12.5. The quantitative estimate of drug-likeness (QED) is 0.772. The van der Waals surface area contributed by atoms with E-state index in [1.807, 2.05) is 7.05 Å². The zero-order valence-corrected chi connectivity index (χ0v) is 13.8. The minimum atomic E-state index is -2.44. The summed E-state index contributed by atoms with van der Waals surface area (Å²) < 4.78 is 24.6. The number of halogens is 2. The lowest BCUT2D eigenvalue weighted by Gasteiger charge is -2.36. The van der Waals surface area contributed by atoms with E-state index in [0.717, 1.165) is 32.5 Å². The van der Waals surface area contributed by atoms with Crippen LogP contribution in [0.5, 0.6) is 0 Å². The average molecular weight is 328 g/mol. The molecule has 0 N–H and O–H groups in total. The summed E-state index contributed by atoms with van der Waals surface area (Å²) in [6, 6.07) is 6.68. The molecule has 3 nitrogen and oxygen atoms in total. The van der Waals surface area contributed by atoms with Crippen LogP contribution >= 0.6 is 11.8 Å². The lowest BCUT2D eigenvalue weighted by atomic mass is 10.0. The normalized spacial score (nSPS) is 17.0. The molecule has 2 rings (SSSR count). The monoisotopic (exact) mass is 328 g/mol. The van der Waals surface area contributed by atoms with Crippen molar-refractivity contribution in [1.29, 1.82) is 0 Å². The molecule has 1 amide bonds. The molecular formula is C16H22F2N2OS. The number of carbonyl (C=O) groups excluding carboxylic acids is 1. The number of benzene rings is 1. The van der Waals surface area contributed by atoms with E-state index in [-0.39, 0.29) is 11.9 Å². The number of carbonyl (C=O) groups is 1. The minimum Gasteiger partial charge on any atom is -0.339 e. The molecule has 0 saturated carbocycles. The SMILES string of the molecule is CCN1CCC(N(C)C(=O)c2ccc(SC(F)F)cc2)CC1. The van der Waals surface area contributed by atoms with Crippen LogP contribution in [-0.2, 0) is 0 Å². The molecule has 1 aromatic carbocycles. The molecular weight excluding hydrogens is 306 g/mol. The maximum absolute atomic E-state index is 12.5. The van der Waals surface area contributed by atoms with Crippen LogP contribution in [0.2, 0.25) is 0 Å². The Morgan fingerprint density at radius 2 is 1.91 bits per heavy atom. The second-order valence-corrected chi connectivity index (χ2v) is 6.55. The average Bonchev–Trinajstić information content (AvgIpc) is 2.54. The van der Waals surface area contributed by atoms with Gasteiger partial charge in [-0.3, -0.25) is 4.79 Å². The summed E-state index contributed by atoms with van der Waals surface area (Å²) in [5, 5.41) is 0. The number of thioether (sulfide) groups is 1. The fourth-order valence-corrected chi connectivity index (χ4v) is 3.27. The molecule has 1 heterocycles. The second-order valence-electron chi connectivity index (χ2n) is 5.48. The fraction of sp³-hybridized carbons (Fsp3) is 0.562. The van der Waals surface area contributed by atoms with E-state index < -0.39 is 5.76 Å². The van der Waals surface area contributed by atoms with Crippen molar-refractivity contribution < 1.29 is 13.6 Å². The van der Waals surface area contributed by atoms with Crippen molar-refractivity contribution in [2.75, 3.05) is 26.7 Å². The van der Waals surface area contributed by atoms with Gasteiger partial charge in [0.1, 0.15) is 0 Å². The maximum Gasteiger partial charge on any atom is 0.288 e. The second kappa shape index (κ2) is 7.92. The summed E-state index contributed by atoms with van der Waals surface area (Å²) in [7, 11) is 1.83. The Morgan fingerprint density at radius 3 is 2.41 bits per heavy atom. The first-order valence-corrected chi connectivity index (χ1v) is 8.43. The highest BCUT2D eigenvalue weighted by Gasteiger charge is 2.25. The lowest BCUT2D eigenvalue weighted by molar-refractivity contribution is 0.0647. The molecule has 0 unspecified atom stereocenters. The van der Waals surface area contributed by atoms with Gasteiger partial charge in [0.05, 0.1) is 0 Å². The van der Waals surface area contributed by atoms with Gasteiger partial charge in [-0.15, -0.1) is 0 Å². The molecule has 0 aliphatic carbocycles. The number of likely N-dealkylation sites (tertiary alicyclic amines) is 1. The van der Waals surface area contributed by atoms with Crippen LogP contribution in [0.15, 0.2) is 29.2 Å². The van der Waals surface area contributed by atoms with Gasteiger partial charge >= 0.3 is 0 Å². The summed E-state index contributed by atoms with van der Waals surface area (Å²) in [6.45, 7) is 5.23. The number of hydrogen-bond acceptors (Lipinski definition) is 3. The molecule has 0 radical (unpaired) electrons. The number of hydrogen-bond donors (Lipinski definition) is 0. The Morgan fingerprint density at radius 1 is 1.32 bits per heavy atom. The van der Waals surface area contributed by atoms with Gasteiger partial charge in [-0.2, -0.15) is 8.78 Å². The molecule has 22 heavy (non-hydrogen) atoms. The standard InChI is InChI=1S/C16H22F2N2OS/c1-3-20-10-8-13(9-11-20)19(2)15(21)12-4-6-14(7-5-12)22-16(17)18/h4-7,13,16H,3,8-11H2,1-2H3. The number of alkyl halides is 2. The first-order valence-electron chi connectivity index (χ1n) is 7.55. The van der Waals surface area contributed by atoms with Crippen molar-refractivity contribution >= 4 is 17.7 Å². The summed E-state index contributed by atoms with van der Waals surface area (Å²) in [4.78, 5) is 17.1. The van der Waals surface area contributed by atoms with E-state index in [4.69, 9.17) is 0 Å². The minimum absolute atomic E-state index is 0.0384.